The van der Waals surface area contributed by atoms with E-state index in [1.807, 2.05) is 4.90 Å². The Balaban J connectivity index is 1.72. The van der Waals surface area contributed by atoms with Crippen LogP contribution in [0.25, 0.3) is 0 Å². The Morgan fingerprint density at radius 1 is 1.16 bits per heavy atom. The summed E-state index contributed by atoms with van der Waals surface area (Å²) in [4.78, 5) is 27.6. The molecule has 136 valence electrons. The molecule has 2 fully saturated rings. The number of primary amides is 1. The summed E-state index contributed by atoms with van der Waals surface area (Å²) in [6.45, 7) is 1.24. The lowest BCUT2D eigenvalue weighted by Crippen LogP contribution is -2.47. The summed E-state index contributed by atoms with van der Waals surface area (Å²) in [6.07, 6.45) is 5.07. The third-order valence-corrected chi connectivity index (χ3v) is 6.34. The zero-order valence-corrected chi connectivity index (χ0v) is 15.3. The Labute approximate surface area is 150 Å². The molecule has 0 bridgehead atoms. The van der Waals surface area contributed by atoms with Crippen LogP contribution >= 0.6 is 0 Å². The van der Waals surface area contributed by atoms with E-state index >= 15 is 0 Å². The highest BCUT2D eigenvalue weighted by molar-refractivity contribution is 5.80. The molecule has 1 saturated heterocycles. The van der Waals surface area contributed by atoms with Gasteiger partial charge in [0.1, 0.15) is 0 Å². The molecule has 1 aromatic carbocycles. The average molecular weight is 343 g/mol. The second kappa shape index (κ2) is 6.79. The smallest absolute Gasteiger partial charge is 0.223 e. The van der Waals surface area contributed by atoms with Gasteiger partial charge in [-0.25, -0.2) is 0 Å². The van der Waals surface area contributed by atoms with E-state index in [0.29, 0.717) is 13.0 Å². The fourth-order valence-electron chi connectivity index (χ4n) is 4.70. The molecule has 0 unspecified atom stereocenters. The summed E-state index contributed by atoms with van der Waals surface area (Å²) < 4.78 is 0. The van der Waals surface area contributed by atoms with Crippen LogP contribution in [0.15, 0.2) is 30.3 Å². The van der Waals surface area contributed by atoms with Crippen molar-refractivity contribution in [1.82, 2.24) is 9.80 Å². The molecule has 3 rings (SSSR count). The van der Waals surface area contributed by atoms with Crippen molar-refractivity contribution in [2.24, 2.45) is 11.1 Å². The highest BCUT2D eigenvalue weighted by Crippen LogP contribution is 2.52. The molecule has 0 aromatic heterocycles. The van der Waals surface area contributed by atoms with Gasteiger partial charge in [0.15, 0.2) is 0 Å². The molecular formula is C20H29N3O2. The lowest BCUT2D eigenvalue weighted by Gasteiger charge is -2.48. The first-order chi connectivity index (χ1) is 11.9. The van der Waals surface area contributed by atoms with Gasteiger partial charge in [0.05, 0.1) is 0 Å². The van der Waals surface area contributed by atoms with E-state index in [1.165, 1.54) is 5.56 Å². The van der Waals surface area contributed by atoms with Gasteiger partial charge in [0, 0.05) is 31.5 Å². The van der Waals surface area contributed by atoms with Crippen LogP contribution in [-0.4, -0.2) is 48.8 Å². The summed E-state index contributed by atoms with van der Waals surface area (Å²) in [6, 6.07) is 10.7. The average Bonchev–Trinajstić information content (AvgIpc) is 2.90. The number of hydrogen-bond donors (Lipinski definition) is 1. The van der Waals surface area contributed by atoms with Crippen LogP contribution in [0.1, 0.15) is 44.1 Å². The van der Waals surface area contributed by atoms with Gasteiger partial charge in [0.2, 0.25) is 11.8 Å². The second-order valence-corrected chi connectivity index (χ2v) is 8.00. The van der Waals surface area contributed by atoms with Crippen molar-refractivity contribution >= 4 is 11.8 Å². The molecule has 2 aliphatic rings. The van der Waals surface area contributed by atoms with Crippen molar-refractivity contribution in [2.75, 3.05) is 27.2 Å². The maximum Gasteiger partial charge on any atom is 0.223 e. The van der Waals surface area contributed by atoms with Crippen LogP contribution < -0.4 is 5.73 Å². The van der Waals surface area contributed by atoms with Gasteiger partial charge in [0.25, 0.3) is 0 Å². The monoisotopic (exact) mass is 343 g/mol. The molecule has 1 saturated carbocycles. The lowest BCUT2D eigenvalue weighted by atomic mass is 9.64. The predicted molar refractivity (Wildman–Crippen MR) is 97.7 cm³/mol. The second-order valence-electron chi connectivity index (χ2n) is 8.00. The van der Waals surface area contributed by atoms with Crippen LogP contribution in [0.4, 0.5) is 0 Å². The quantitative estimate of drug-likeness (QED) is 0.890. The van der Waals surface area contributed by atoms with Crippen molar-refractivity contribution in [2.45, 2.75) is 44.1 Å². The number of hydrogen-bond acceptors (Lipinski definition) is 3. The first-order valence-corrected chi connectivity index (χ1v) is 9.16. The summed E-state index contributed by atoms with van der Waals surface area (Å²) in [5.41, 5.74) is 6.73. The maximum atomic E-state index is 12.4. The third-order valence-electron chi connectivity index (χ3n) is 6.34. The van der Waals surface area contributed by atoms with Crippen molar-refractivity contribution < 1.29 is 9.59 Å². The van der Waals surface area contributed by atoms with E-state index in [1.54, 1.807) is 0 Å². The highest BCUT2D eigenvalue weighted by atomic mass is 16.2. The number of benzene rings is 1. The number of carbonyl (C=O) groups is 2. The van der Waals surface area contributed by atoms with E-state index in [0.717, 1.165) is 32.2 Å². The molecule has 2 N–H and O–H groups in total. The van der Waals surface area contributed by atoms with E-state index in [4.69, 9.17) is 5.73 Å². The molecule has 1 aromatic rings. The van der Waals surface area contributed by atoms with Gasteiger partial charge in [-0.1, -0.05) is 30.3 Å². The Morgan fingerprint density at radius 3 is 2.36 bits per heavy atom. The number of likely N-dealkylation sites (tertiary alicyclic amines) is 1. The normalized spacial score (nSPS) is 29.6. The lowest BCUT2D eigenvalue weighted by molar-refractivity contribution is -0.128. The van der Waals surface area contributed by atoms with Gasteiger partial charge >= 0.3 is 0 Å². The molecule has 0 radical (unpaired) electrons. The van der Waals surface area contributed by atoms with Crippen LogP contribution in [0.3, 0.4) is 0 Å². The molecular weight excluding hydrogens is 314 g/mol. The standard InChI is InChI=1S/C20H29N3O2/c1-22(2)20(16-6-4-3-5-7-16)11-9-19(10-12-20)14-18(25)23(15-19)13-8-17(21)24/h3-7H,8-15H2,1-2H3,(H2,21,24). The van der Waals surface area contributed by atoms with Crippen molar-refractivity contribution in [3.05, 3.63) is 35.9 Å². The van der Waals surface area contributed by atoms with Crippen LogP contribution in [-0.2, 0) is 15.1 Å². The number of nitrogens with zero attached hydrogens (tertiary/aromatic N) is 2. The number of amides is 2. The molecule has 1 heterocycles. The van der Waals surface area contributed by atoms with E-state index in [-0.39, 0.29) is 29.2 Å². The van der Waals surface area contributed by atoms with E-state index in [9.17, 15) is 9.59 Å². The van der Waals surface area contributed by atoms with E-state index < -0.39 is 0 Å². The first-order valence-electron chi connectivity index (χ1n) is 9.16. The van der Waals surface area contributed by atoms with Gasteiger partial charge in [-0.3, -0.25) is 14.5 Å². The van der Waals surface area contributed by atoms with Crippen LogP contribution in [0.2, 0.25) is 0 Å². The zero-order valence-electron chi connectivity index (χ0n) is 15.3. The Bertz CT molecular complexity index is 634. The Kier molecular flexibility index (Phi) is 4.87. The van der Waals surface area contributed by atoms with Crippen molar-refractivity contribution in [3.63, 3.8) is 0 Å². The topological polar surface area (TPSA) is 66.6 Å². The number of carbonyl (C=O) groups excluding carboxylic acids is 2. The van der Waals surface area contributed by atoms with Crippen molar-refractivity contribution in [1.29, 1.82) is 0 Å². The highest BCUT2D eigenvalue weighted by Gasteiger charge is 2.49. The zero-order chi connectivity index (χ0) is 18.1. The first kappa shape index (κ1) is 17.9. The largest absolute Gasteiger partial charge is 0.370 e. The van der Waals surface area contributed by atoms with Gasteiger partial charge in [-0.15, -0.1) is 0 Å². The minimum absolute atomic E-state index is 0.0518. The summed E-state index contributed by atoms with van der Waals surface area (Å²) in [5.74, 6) is -0.161. The SMILES string of the molecule is CN(C)C1(c2ccccc2)CCC2(CC1)CC(=O)N(CCC(N)=O)C2. The van der Waals surface area contributed by atoms with Gasteiger partial charge in [-0.2, -0.15) is 0 Å². The third kappa shape index (κ3) is 3.43. The van der Waals surface area contributed by atoms with E-state index in [2.05, 4.69) is 49.3 Å². The molecule has 2 amide bonds. The van der Waals surface area contributed by atoms with Crippen molar-refractivity contribution in [3.8, 4) is 0 Å². The molecule has 1 aliphatic carbocycles. The maximum absolute atomic E-state index is 12.4. The summed E-state index contributed by atoms with van der Waals surface area (Å²) in [7, 11) is 4.31. The summed E-state index contributed by atoms with van der Waals surface area (Å²) in [5, 5.41) is 0. The molecule has 5 heteroatoms. The minimum atomic E-state index is -0.340. The predicted octanol–water partition coefficient (Wildman–Crippen LogP) is 2.11. The fourth-order valence-corrected chi connectivity index (χ4v) is 4.70. The van der Waals surface area contributed by atoms with Crippen LogP contribution in [0.5, 0.6) is 0 Å². The molecule has 5 nitrogen and oxygen atoms in total. The molecule has 1 aliphatic heterocycles. The summed E-state index contributed by atoms with van der Waals surface area (Å²) >= 11 is 0. The fraction of sp³-hybridized carbons (Fsp3) is 0.600. The Morgan fingerprint density at radius 2 is 1.80 bits per heavy atom. The van der Waals surface area contributed by atoms with Gasteiger partial charge in [-0.05, 0) is 50.8 Å². The molecule has 25 heavy (non-hydrogen) atoms. The number of nitrogens with two attached hydrogens (primary N) is 1. The molecule has 1 spiro atoms. The van der Waals surface area contributed by atoms with Crippen LogP contribution in [0, 0.1) is 5.41 Å². The molecule has 0 atom stereocenters. The number of rotatable bonds is 5. The minimum Gasteiger partial charge on any atom is -0.370 e. The Hall–Kier alpha value is -1.88. The van der Waals surface area contributed by atoms with Gasteiger partial charge < -0.3 is 10.6 Å².